The van der Waals surface area contributed by atoms with Crippen LogP contribution in [0, 0.1) is 12.7 Å². The van der Waals surface area contributed by atoms with Gasteiger partial charge in [-0.1, -0.05) is 12.1 Å². The van der Waals surface area contributed by atoms with Gasteiger partial charge in [0.2, 0.25) is 5.91 Å². The van der Waals surface area contributed by atoms with E-state index in [4.69, 9.17) is 0 Å². The molecule has 106 valence electrons. The van der Waals surface area contributed by atoms with E-state index in [0.717, 1.165) is 6.42 Å². The molecule has 0 radical (unpaired) electrons. The fourth-order valence-corrected chi connectivity index (χ4v) is 3.22. The largest absolute Gasteiger partial charge is 0.329 e. The van der Waals surface area contributed by atoms with Gasteiger partial charge in [-0.3, -0.25) is 14.5 Å². The lowest BCUT2D eigenvalue weighted by molar-refractivity contribution is -0.143. The zero-order valence-electron chi connectivity index (χ0n) is 11.6. The summed E-state index contributed by atoms with van der Waals surface area (Å²) in [6.45, 7) is 4.05. The lowest BCUT2D eigenvalue weighted by Crippen LogP contribution is -2.62. The van der Waals surface area contributed by atoms with Gasteiger partial charge in [0.15, 0.2) is 0 Å². The van der Waals surface area contributed by atoms with Crippen LogP contribution in [0.1, 0.15) is 25.3 Å². The lowest BCUT2D eigenvalue weighted by Gasteiger charge is -2.41. The molecule has 2 atom stereocenters. The molecule has 1 aromatic rings. The van der Waals surface area contributed by atoms with E-state index in [1.807, 2.05) is 0 Å². The van der Waals surface area contributed by atoms with Gasteiger partial charge in [0.25, 0.3) is 5.91 Å². The van der Waals surface area contributed by atoms with Crippen molar-refractivity contribution in [2.75, 3.05) is 11.4 Å². The molecule has 3 rings (SSSR count). The van der Waals surface area contributed by atoms with Crippen LogP contribution in [-0.2, 0) is 9.59 Å². The number of aryl methyl sites for hydroxylation is 1. The molecule has 2 aliphatic rings. The number of anilines is 1. The average molecular weight is 276 g/mol. The first-order valence-corrected chi connectivity index (χ1v) is 6.91. The molecule has 2 saturated heterocycles. The van der Waals surface area contributed by atoms with Crippen molar-refractivity contribution in [3.63, 3.8) is 0 Å². The number of para-hydroxylation sites is 1. The summed E-state index contributed by atoms with van der Waals surface area (Å²) in [6.07, 6.45) is 1.50. The van der Waals surface area contributed by atoms with Crippen LogP contribution in [0.4, 0.5) is 10.1 Å². The molecular weight excluding hydrogens is 259 g/mol. The Bertz CT molecular complexity index is 567. The van der Waals surface area contributed by atoms with E-state index in [1.54, 1.807) is 30.9 Å². The number of halogens is 1. The van der Waals surface area contributed by atoms with Crippen molar-refractivity contribution < 1.29 is 14.0 Å². The third-order valence-electron chi connectivity index (χ3n) is 4.23. The van der Waals surface area contributed by atoms with Crippen LogP contribution in [0.25, 0.3) is 0 Å². The minimum atomic E-state index is -0.646. The Morgan fingerprint density at radius 3 is 2.70 bits per heavy atom. The van der Waals surface area contributed by atoms with Gasteiger partial charge in [0.1, 0.15) is 17.9 Å². The third-order valence-corrected chi connectivity index (χ3v) is 4.23. The molecular formula is C15H17FN2O2. The number of nitrogens with zero attached hydrogens (tertiary/aromatic N) is 2. The van der Waals surface area contributed by atoms with E-state index in [-0.39, 0.29) is 17.5 Å². The van der Waals surface area contributed by atoms with Gasteiger partial charge in [-0.05, 0) is 38.3 Å². The summed E-state index contributed by atoms with van der Waals surface area (Å²) in [4.78, 5) is 28.0. The highest BCUT2D eigenvalue weighted by Gasteiger charge is 2.47. The van der Waals surface area contributed by atoms with E-state index in [0.29, 0.717) is 18.5 Å². The van der Waals surface area contributed by atoms with Crippen molar-refractivity contribution in [1.29, 1.82) is 0 Å². The molecule has 0 saturated carbocycles. The molecule has 0 aliphatic carbocycles. The van der Waals surface area contributed by atoms with Crippen molar-refractivity contribution in [2.24, 2.45) is 0 Å². The second-order valence-electron chi connectivity index (χ2n) is 5.48. The summed E-state index contributed by atoms with van der Waals surface area (Å²) < 4.78 is 14.1. The molecule has 2 amide bonds. The number of amides is 2. The monoisotopic (exact) mass is 276 g/mol. The van der Waals surface area contributed by atoms with Gasteiger partial charge in [-0.2, -0.15) is 0 Å². The van der Waals surface area contributed by atoms with Crippen LogP contribution in [0.3, 0.4) is 0 Å². The number of hydrogen-bond donors (Lipinski definition) is 0. The maximum Gasteiger partial charge on any atom is 0.250 e. The second kappa shape index (κ2) is 4.58. The highest BCUT2D eigenvalue weighted by atomic mass is 19.1. The Hall–Kier alpha value is -1.91. The van der Waals surface area contributed by atoms with Gasteiger partial charge < -0.3 is 4.90 Å². The molecule has 0 N–H and O–H groups in total. The molecule has 20 heavy (non-hydrogen) atoms. The normalized spacial score (nSPS) is 26.1. The SMILES string of the molecule is Cc1cccc(F)c1N1C(=O)C2CCCN2C(=O)C1C. The first kappa shape index (κ1) is 13.1. The molecule has 1 aromatic carbocycles. The van der Waals surface area contributed by atoms with Crippen molar-refractivity contribution in [3.05, 3.63) is 29.6 Å². The molecule has 2 aliphatic heterocycles. The summed E-state index contributed by atoms with van der Waals surface area (Å²) in [7, 11) is 0. The Kier molecular flexibility index (Phi) is 3.00. The van der Waals surface area contributed by atoms with E-state index >= 15 is 0 Å². The van der Waals surface area contributed by atoms with Crippen molar-refractivity contribution in [3.8, 4) is 0 Å². The molecule has 2 fully saturated rings. The van der Waals surface area contributed by atoms with E-state index in [1.165, 1.54) is 11.0 Å². The fourth-order valence-electron chi connectivity index (χ4n) is 3.22. The van der Waals surface area contributed by atoms with Gasteiger partial charge in [-0.15, -0.1) is 0 Å². The third kappa shape index (κ3) is 1.72. The minimum Gasteiger partial charge on any atom is -0.329 e. The zero-order valence-corrected chi connectivity index (χ0v) is 11.6. The molecule has 2 unspecified atom stereocenters. The van der Waals surface area contributed by atoms with Crippen LogP contribution in [0.2, 0.25) is 0 Å². The zero-order chi connectivity index (χ0) is 14.4. The van der Waals surface area contributed by atoms with Crippen LogP contribution in [0.5, 0.6) is 0 Å². The molecule has 5 heteroatoms. The minimum absolute atomic E-state index is 0.0882. The van der Waals surface area contributed by atoms with E-state index in [9.17, 15) is 14.0 Å². The molecule has 4 nitrogen and oxygen atoms in total. The van der Waals surface area contributed by atoms with Gasteiger partial charge in [0, 0.05) is 6.54 Å². The number of rotatable bonds is 1. The predicted octanol–water partition coefficient (Wildman–Crippen LogP) is 1.86. The summed E-state index contributed by atoms with van der Waals surface area (Å²) in [6, 6.07) is 3.62. The first-order valence-electron chi connectivity index (χ1n) is 6.91. The summed E-state index contributed by atoms with van der Waals surface area (Å²) in [5.74, 6) is -0.706. The van der Waals surface area contributed by atoms with E-state index < -0.39 is 17.9 Å². The lowest BCUT2D eigenvalue weighted by atomic mass is 10.0. The van der Waals surface area contributed by atoms with Gasteiger partial charge in [0.05, 0.1) is 5.69 Å². The first-order chi connectivity index (χ1) is 9.52. The summed E-state index contributed by atoms with van der Waals surface area (Å²) >= 11 is 0. The van der Waals surface area contributed by atoms with Crippen molar-refractivity contribution in [2.45, 2.75) is 38.8 Å². The molecule has 0 spiro atoms. The number of carbonyl (C=O) groups is 2. The highest BCUT2D eigenvalue weighted by Crippen LogP contribution is 2.33. The van der Waals surface area contributed by atoms with Crippen LogP contribution in [-0.4, -0.2) is 35.3 Å². The molecule has 0 aromatic heterocycles. The van der Waals surface area contributed by atoms with E-state index in [2.05, 4.69) is 0 Å². The van der Waals surface area contributed by atoms with Gasteiger partial charge >= 0.3 is 0 Å². The van der Waals surface area contributed by atoms with Crippen molar-refractivity contribution >= 4 is 17.5 Å². The fraction of sp³-hybridized carbons (Fsp3) is 0.467. The average Bonchev–Trinajstić information content (AvgIpc) is 2.89. The second-order valence-corrected chi connectivity index (χ2v) is 5.48. The van der Waals surface area contributed by atoms with Crippen LogP contribution < -0.4 is 4.90 Å². The number of fused-ring (bicyclic) bond motifs is 1. The standard InChI is InChI=1S/C15H17FN2O2/c1-9-5-3-6-11(16)13(9)18-10(2)14(19)17-8-4-7-12(17)15(18)20/h3,5-6,10,12H,4,7-8H2,1-2H3. The molecule has 2 heterocycles. The Labute approximate surface area is 117 Å². The Balaban J connectivity index is 2.08. The Morgan fingerprint density at radius 2 is 2.00 bits per heavy atom. The predicted molar refractivity (Wildman–Crippen MR) is 72.8 cm³/mol. The maximum absolute atomic E-state index is 14.1. The number of carbonyl (C=O) groups excluding carboxylic acids is 2. The quantitative estimate of drug-likeness (QED) is 0.785. The topological polar surface area (TPSA) is 40.6 Å². The summed E-state index contributed by atoms with van der Waals surface area (Å²) in [5, 5.41) is 0. The van der Waals surface area contributed by atoms with Crippen LogP contribution >= 0.6 is 0 Å². The van der Waals surface area contributed by atoms with Gasteiger partial charge in [-0.25, -0.2) is 4.39 Å². The number of benzene rings is 1. The summed E-state index contributed by atoms with van der Waals surface area (Å²) in [5.41, 5.74) is 0.911. The smallest absolute Gasteiger partial charge is 0.250 e. The maximum atomic E-state index is 14.1. The van der Waals surface area contributed by atoms with Crippen LogP contribution in [0.15, 0.2) is 18.2 Å². The van der Waals surface area contributed by atoms with Crippen molar-refractivity contribution in [1.82, 2.24) is 4.90 Å². The number of hydrogen-bond acceptors (Lipinski definition) is 2. The number of piperazine rings is 1. The molecule has 0 bridgehead atoms. The highest BCUT2D eigenvalue weighted by molar-refractivity contribution is 6.08. The Morgan fingerprint density at radius 1 is 1.25 bits per heavy atom.